The van der Waals surface area contributed by atoms with Crippen LogP contribution in [0.25, 0.3) is 0 Å². The molecule has 0 aliphatic heterocycles. The predicted octanol–water partition coefficient (Wildman–Crippen LogP) is 3.63. The maximum Gasteiger partial charge on any atom is 0.252 e. The molecule has 0 spiro atoms. The molecule has 0 aromatic heterocycles. The Morgan fingerprint density at radius 3 is 2.57 bits per heavy atom. The van der Waals surface area contributed by atoms with E-state index < -0.39 is 0 Å². The summed E-state index contributed by atoms with van der Waals surface area (Å²) in [7, 11) is 0. The van der Waals surface area contributed by atoms with Crippen LogP contribution in [0.1, 0.15) is 16.8 Å². The van der Waals surface area contributed by atoms with Crippen molar-refractivity contribution in [3.8, 4) is 5.75 Å². The molecule has 0 saturated carbocycles. The highest BCUT2D eigenvalue weighted by Gasteiger charge is 2.07. The minimum absolute atomic E-state index is 0.0817. The molecule has 1 N–H and O–H groups in total. The summed E-state index contributed by atoms with van der Waals surface area (Å²) in [4.78, 5) is 11.9. The first-order valence-corrected chi connectivity index (χ1v) is 7.66. The lowest BCUT2D eigenvalue weighted by Gasteiger charge is -2.08. The number of nitrogens with one attached hydrogen (secondary N) is 1. The van der Waals surface area contributed by atoms with Gasteiger partial charge < -0.3 is 10.1 Å². The molecule has 2 aromatic rings. The van der Waals surface area contributed by atoms with Crippen LogP contribution < -0.4 is 10.1 Å². The number of hydrogen-bond donors (Lipinski definition) is 1. The van der Waals surface area contributed by atoms with Crippen LogP contribution in [0.2, 0.25) is 0 Å². The number of amides is 1. The number of ether oxygens (including phenoxy) is 1. The monoisotopic (exact) mass is 399 g/mol. The van der Waals surface area contributed by atoms with E-state index in [1.54, 1.807) is 18.2 Å². The van der Waals surface area contributed by atoms with Gasteiger partial charge in [0, 0.05) is 10.1 Å². The molecule has 0 radical (unpaired) electrons. The largest absolute Gasteiger partial charge is 0.494 e. The van der Waals surface area contributed by atoms with E-state index >= 15 is 0 Å². The molecule has 2 rings (SSSR count). The first-order chi connectivity index (χ1) is 10.2. The van der Waals surface area contributed by atoms with Gasteiger partial charge in [0.05, 0.1) is 12.2 Å². The van der Waals surface area contributed by atoms with Gasteiger partial charge in [0.2, 0.25) is 0 Å². The van der Waals surface area contributed by atoms with Crippen molar-refractivity contribution in [3.63, 3.8) is 0 Å². The van der Waals surface area contributed by atoms with Crippen LogP contribution in [0, 0.1) is 9.39 Å². The van der Waals surface area contributed by atoms with Crippen molar-refractivity contribution < 1.29 is 13.9 Å². The Morgan fingerprint density at radius 2 is 1.86 bits per heavy atom. The number of benzene rings is 2. The van der Waals surface area contributed by atoms with Gasteiger partial charge in [-0.2, -0.15) is 0 Å². The topological polar surface area (TPSA) is 38.3 Å². The molecule has 0 saturated heterocycles. The van der Waals surface area contributed by atoms with Crippen LogP contribution in [-0.2, 0) is 0 Å². The highest BCUT2D eigenvalue weighted by atomic mass is 127. The average molecular weight is 399 g/mol. The van der Waals surface area contributed by atoms with Gasteiger partial charge in [0.25, 0.3) is 5.91 Å². The number of rotatable bonds is 6. The van der Waals surface area contributed by atoms with Gasteiger partial charge in [-0.15, -0.1) is 0 Å². The Morgan fingerprint density at radius 1 is 1.14 bits per heavy atom. The molecule has 21 heavy (non-hydrogen) atoms. The van der Waals surface area contributed by atoms with Crippen LogP contribution in [0.3, 0.4) is 0 Å². The van der Waals surface area contributed by atoms with E-state index in [-0.39, 0.29) is 11.7 Å². The zero-order valence-electron chi connectivity index (χ0n) is 11.3. The van der Waals surface area contributed by atoms with Crippen molar-refractivity contribution in [1.82, 2.24) is 5.32 Å². The molecule has 2 aromatic carbocycles. The van der Waals surface area contributed by atoms with Gasteiger partial charge in [0.1, 0.15) is 11.6 Å². The van der Waals surface area contributed by atoms with E-state index in [1.165, 1.54) is 12.1 Å². The molecule has 3 nitrogen and oxygen atoms in total. The molecule has 0 bridgehead atoms. The smallest absolute Gasteiger partial charge is 0.252 e. The predicted molar refractivity (Wildman–Crippen MR) is 88.0 cm³/mol. The summed E-state index contributed by atoms with van der Waals surface area (Å²) in [6.45, 7) is 1.00. The number of hydrogen-bond acceptors (Lipinski definition) is 2. The quantitative estimate of drug-likeness (QED) is 0.595. The lowest BCUT2D eigenvalue weighted by Crippen LogP contribution is -2.26. The van der Waals surface area contributed by atoms with Crippen LogP contribution in [0.4, 0.5) is 4.39 Å². The standard InChI is InChI=1S/C16H15FINO2/c17-12-6-8-13(9-7-12)21-11-3-10-19-16(20)14-4-1-2-5-15(14)18/h1-2,4-9H,3,10-11H2,(H,19,20). The fourth-order valence-electron chi connectivity index (χ4n) is 1.74. The fraction of sp³-hybridized carbons (Fsp3) is 0.188. The van der Waals surface area contributed by atoms with Gasteiger partial charge in [-0.3, -0.25) is 4.79 Å². The summed E-state index contributed by atoms with van der Waals surface area (Å²) in [6.07, 6.45) is 0.687. The molecule has 0 fully saturated rings. The number of halogens is 2. The molecular weight excluding hydrogens is 384 g/mol. The summed E-state index contributed by atoms with van der Waals surface area (Å²) in [5.74, 6) is 0.259. The zero-order valence-corrected chi connectivity index (χ0v) is 13.5. The van der Waals surface area contributed by atoms with Crippen LogP contribution in [0.5, 0.6) is 5.75 Å². The van der Waals surface area contributed by atoms with Crippen molar-refractivity contribution >= 4 is 28.5 Å². The van der Waals surface area contributed by atoms with Crippen molar-refractivity contribution in [2.45, 2.75) is 6.42 Å². The fourth-order valence-corrected chi connectivity index (χ4v) is 2.37. The molecule has 0 aliphatic carbocycles. The highest BCUT2D eigenvalue weighted by Crippen LogP contribution is 2.12. The van der Waals surface area contributed by atoms with Gasteiger partial charge in [0.15, 0.2) is 0 Å². The summed E-state index contributed by atoms with van der Waals surface area (Å²) in [5.41, 5.74) is 0.678. The number of carbonyl (C=O) groups is 1. The third kappa shape index (κ3) is 5.00. The Labute approximate surface area is 136 Å². The van der Waals surface area contributed by atoms with E-state index in [0.29, 0.717) is 30.9 Å². The van der Waals surface area contributed by atoms with Crippen LogP contribution >= 0.6 is 22.6 Å². The molecule has 5 heteroatoms. The van der Waals surface area contributed by atoms with E-state index in [1.807, 2.05) is 18.2 Å². The molecule has 0 unspecified atom stereocenters. The molecule has 1 amide bonds. The summed E-state index contributed by atoms with van der Waals surface area (Å²) >= 11 is 2.14. The van der Waals surface area contributed by atoms with Crippen molar-refractivity contribution in [2.24, 2.45) is 0 Å². The minimum Gasteiger partial charge on any atom is -0.494 e. The Bertz CT molecular complexity index is 601. The third-order valence-corrected chi connectivity index (χ3v) is 3.75. The normalized spacial score (nSPS) is 10.2. The molecule has 110 valence electrons. The van der Waals surface area contributed by atoms with Crippen molar-refractivity contribution in [2.75, 3.05) is 13.2 Å². The second-order valence-corrected chi connectivity index (χ2v) is 5.55. The zero-order chi connectivity index (χ0) is 15.1. The Kier molecular flexibility index (Phi) is 5.98. The summed E-state index contributed by atoms with van der Waals surface area (Å²) < 4.78 is 19.1. The lowest BCUT2D eigenvalue weighted by molar-refractivity contribution is 0.0950. The maximum atomic E-state index is 12.7. The highest BCUT2D eigenvalue weighted by molar-refractivity contribution is 14.1. The van der Waals surface area contributed by atoms with E-state index in [2.05, 4.69) is 27.9 Å². The van der Waals surface area contributed by atoms with Gasteiger partial charge >= 0.3 is 0 Å². The Hall–Kier alpha value is -1.63. The van der Waals surface area contributed by atoms with Gasteiger partial charge in [-0.25, -0.2) is 4.39 Å². The lowest BCUT2D eigenvalue weighted by atomic mass is 10.2. The average Bonchev–Trinajstić information content (AvgIpc) is 2.49. The minimum atomic E-state index is -0.285. The molecule has 0 atom stereocenters. The second-order valence-electron chi connectivity index (χ2n) is 4.39. The van der Waals surface area contributed by atoms with Crippen LogP contribution in [-0.4, -0.2) is 19.1 Å². The molecule has 0 aliphatic rings. The van der Waals surface area contributed by atoms with E-state index in [0.717, 1.165) is 3.57 Å². The van der Waals surface area contributed by atoms with E-state index in [9.17, 15) is 9.18 Å². The van der Waals surface area contributed by atoms with Gasteiger partial charge in [-0.05, 0) is 65.4 Å². The van der Waals surface area contributed by atoms with Gasteiger partial charge in [-0.1, -0.05) is 12.1 Å². The second kappa shape index (κ2) is 7.97. The summed E-state index contributed by atoms with van der Waals surface area (Å²) in [5, 5.41) is 2.85. The first-order valence-electron chi connectivity index (χ1n) is 6.58. The first kappa shape index (κ1) is 15.8. The molecule has 0 heterocycles. The van der Waals surface area contributed by atoms with E-state index in [4.69, 9.17) is 4.74 Å². The maximum absolute atomic E-state index is 12.7. The Balaban J connectivity index is 1.69. The molecular formula is C16H15FINO2. The summed E-state index contributed by atoms with van der Waals surface area (Å²) in [6, 6.07) is 13.3. The van der Waals surface area contributed by atoms with Crippen molar-refractivity contribution in [1.29, 1.82) is 0 Å². The number of carbonyl (C=O) groups excluding carboxylic acids is 1. The van der Waals surface area contributed by atoms with Crippen LogP contribution in [0.15, 0.2) is 48.5 Å². The third-order valence-electron chi connectivity index (χ3n) is 2.81. The van der Waals surface area contributed by atoms with Crippen molar-refractivity contribution in [3.05, 3.63) is 63.5 Å². The SMILES string of the molecule is O=C(NCCCOc1ccc(F)cc1)c1ccccc1I.